The minimum absolute atomic E-state index is 0.177. The number of aliphatic imine (C=N–C) groups is 1. The number of aromatic nitrogens is 1. The summed E-state index contributed by atoms with van der Waals surface area (Å²) in [5, 5.41) is 3.26. The van der Waals surface area contributed by atoms with Gasteiger partial charge in [0.1, 0.15) is 5.82 Å². The fourth-order valence-electron chi connectivity index (χ4n) is 3.24. The van der Waals surface area contributed by atoms with Crippen LogP contribution in [-0.2, 0) is 11.3 Å². The van der Waals surface area contributed by atoms with Gasteiger partial charge >= 0.3 is 0 Å². The molecule has 0 spiro atoms. The van der Waals surface area contributed by atoms with Crippen LogP contribution in [0.25, 0.3) is 6.08 Å². The molecule has 0 bridgehead atoms. The molecule has 2 aromatic carbocycles. The molecule has 3 aromatic rings. The first-order chi connectivity index (χ1) is 14.0. The topological polar surface area (TPSA) is 46.4 Å². The van der Waals surface area contributed by atoms with E-state index in [-0.39, 0.29) is 11.7 Å². The number of hydrogen-bond donors (Lipinski definition) is 1. The average molecular weight is 405 g/mol. The summed E-state index contributed by atoms with van der Waals surface area (Å²) in [7, 11) is 0. The second-order valence-corrected chi connectivity index (χ2v) is 7.89. The smallest absolute Gasteiger partial charge is 0.264 e. The van der Waals surface area contributed by atoms with E-state index in [0.29, 0.717) is 15.8 Å². The van der Waals surface area contributed by atoms with Crippen LogP contribution >= 0.6 is 11.8 Å². The molecule has 0 atom stereocenters. The molecule has 1 aromatic heterocycles. The minimum Gasteiger partial charge on any atom is -0.344 e. The van der Waals surface area contributed by atoms with E-state index in [0.717, 1.165) is 23.5 Å². The Balaban J connectivity index is 1.57. The molecule has 1 aliphatic rings. The van der Waals surface area contributed by atoms with Gasteiger partial charge in [0, 0.05) is 17.9 Å². The fraction of sp³-hybridized carbons (Fsp3) is 0.130. The first-order valence-corrected chi connectivity index (χ1v) is 10.1. The van der Waals surface area contributed by atoms with Crippen molar-refractivity contribution in [2.24, 2.45) is 4.99 Å². The number of rotatable bonds is 4. The van der Waals surface area contributed by atoms with Crippen molar-refractivity contribution in [3.05, 3.63) is 93.9 Å². The van der Waals surface area contributed by atoms with Gasteiger partial charge in [0.2, 0.25) is 0 Å². The zero-order valence-electron chi connectivity index (χ0n) is 16.1. The van der Waals surface area contributed by atoms with Crippen LogP contribution in [0.2, 0.25) is 0 Å². The molecule has 4 rings (SSSR count). The number of hydrogen-bond acceptors (Lipinski definition) is 3. The van der Waals surface area contributed by atoms with Crippen LogP contribution in [0.1, 0.15) is 22.5 Å². The summed E-state index contributed by atoms with van der Waals surface area (Å²) in [6.07, 6.45) is 1.90. The zero-order chi connectivity index (χ0) is 20.4. The van der Waals surface area contributed by atoms with Gasteiger partial charge in [-0.2, -0.15) is 0 Å². The highest BCUT2D eigenvalue weighted by Crippen LogP contribution is 2.30. The van der Waals surface area contributed by atoms with Crippen LogP contribution in [0.5, 0.6) is 0 Å². The van der Waals surface area contributed by atoms with Crippen molar-refractivity contribution < 1.29 is 9.18 Å². The van der Waals surface area contributed by atoms with Gasteiger partial charge in [-0.15, -0.1) is 0 Å². The molecule has 6 heteroatoms. The molecule has 1 aliphatic heterocycles. The summed E-state index contributed by atoms with van der Waals surface area (Å²) in [6, 6.07) is 18.2. The highest BCUT2D eigenvalue weighted by Gasteiger charge is 2.24. The predicted molar refractivity (Wildman–Crippen MR) is 117 cm³/mol. The van der Waals surface area contributed by atoms with Crippen molar-refractivity contribution in [1.29, 1.82) is 0 Å². The van der Waals surface area contributed by atoms with E-state index in [2.05, 4.69) is 46.9 Å². The lowest BCUT2D eigenvalue weighted by Crippen LogP contribution is -2.19. The van der Waals surface area contributed by atoms with Gasteiger partial charge in [-0.1, -0.05) is 30.3 Å². The van der Waals surface area contributed by atoms with Crippen molar-refractivity contribution in [2.45, 2.75) is 20.4 Å². The number of benzene rings is 2. The van der Waals surface area contributed by atoms with E-state index in [9.17, 15) is 9.18 Å². The maximum Gasteiger partial charge on any atom is 0.264 e. The fourth-order valence-corrected chi connectivity index (χ4v) is 4.07. The van der Waals surface area contributed by atoms with Gasteiger partial charge in [0.15, 0.2) is 5.17 Å². The molecule has 0 radical (unpaired) electrons. The van der Waals surface area contributed by atoms with Crippen molar-refractivity contribution in [1.82, 2.24) is 9.88 Å². The highest BCUT2D eigenvalue weighted by molar-refractivity contribution is 8.18. The normalized spacial score (nSPS) is 16.6. The maximum absolute atomic E-state index is 13.0. The molecular weight excluding hydrogens is 385 g/mol. The third-order valence-electron chi connectivity index (χ3n) is 4.79. The van der Waals surface area contributed by atoms with E-state index >= 15 is 0 Å². The Morgan fingerprint density at radius 3 is 2.55 bits per heavy atom. The maximum atomic E-state index is 13.0. The molecule has 1 fully saturated rings. The number of nitrogens with one attached hydrogen (secondary N) is 1. The monoisotopic (exact) mass is 405 g/mol. The first kappa shape index (κ1) is 19.2. The third kappa shape index (κ3) is 4.32. The van der Waals surface area contributed by atoms with Gasteiger partial charge in [0.25, 0.3) is 5.91 Å². The van der Waals surface area contributed by atoms with Crippen LogP contribution < -0.4 is 5.32 Å². The van der Waals surface area contributed by atoms with E-state index < -0.39 is 0 Å². The summed E-state index contributed by atoms with van der Waals surface area (Å²) in [5.74, 6) is -0.493. The van der Waals surface area contributed by atoms with E-state index in [4.69, 9.17) is 0 Å². The zero-order valence-corrected chi connectivity index (χ0v) is 17.0. The van der Waals surface area contributed by atoms with E-state index in [1.54, 1.807) is 12.1 Å². The molecule has 2 heterocycles. The molecule has 1 amide bonds. The Bertz CT molecular complexity index is 1120. The van der Waals surface area contributed by atoms with Crippen molar-refractivity contribution in [3.63, 3.8) is 0 Å². The predicted octanol–water partition coefficient (Wildman–Crippen LogP) is 5.18. The Kier molecular flexibility index (Phi) is 5.36. The number of carbonyl (C=O) groups excluding carboxylic acids is 1. The lowest BCUT2D eigenvalue weighted by atomic mass is 10.2. The molecular formula is C23H20FN3OS. The quantitative estimate of drug-likeness (QED) is 0.608. The molecule has 1 N–H and O–H groups in total. The molecule has 146 valence electrons. The number of aryl methyl sites for hydroxylation is 1. The molecule has 29 heavy (non-hydrogen) atoms. The second-order valence-electron chi connectivity index (χ2n) is 6.86. The number of thioether (sulfide) groups is 1. The number of halogens is 1. The Morgan fingerprint density at radius 2 is 1.83 bits per heavy atom. The lowest BCUT2D eigenvalue weighted by Gasteiger charge is -2.09. The number of nitrogens with zero attached hydrogens (tertiary/aromatic N) is 2. The first-order valence-electron chi connectivity index (χ1n) is 9.25. The second kappa shape index (κ2) is 8.09. The third-order valence-corrected chi connectivity index (χ3v) is 5.70. The molecule has 4 nitrogen and oxygen atoms in total. The van der Waals surface area contributed by atoms with Gasteiger partial charge in [-0.05, 0) is 73.1 Å². The van der Waals surface area contributed by atoms with Crippen molar-refractivity contribution >= 4 is 34.6 Å². The van der Waals surface area contributed by atoms with E-state index in [1.165, 1.54) is 29.5 Å². The van der Waals surface area contributed by atoms with Crippen LogP contribution in [0.3, 0.4) is 0 Å². The van der Waals surface area contributed by atoms with Gasteiger partial charge in [-0.25, -0.2) is 9.38 Å². The Hall–Kier alpha value is -3.12. The summed E-state index contributed by atoms with van der Waals surface area (Å²) >= 11 is 1.29. The minimum atomic E-state index is -0.316. The van der Waals surface area contributed by atoms with Crippen LogP contribution in [-0.4, -0.2) is 15.6 Å². The average Bonchev–Trinajstić information content (AvgIpc) is 3.18. The van der Waals surface area contributed by atoms with Gasteiger partial charge in [-0.3, -0.25) is 4.79 Å². The number of amidine groups is 1. The standard InChI is InChI=1S/C23H20FN3OS/c1-15-12-18(16(2)27(15)14-17-6-4-3-5-7-17)13-21-22(28)26-23(29-21)25-20-10-8-19(24)9-11-20/h3-13H,14H2,1-2H3,(H,25,26,28)/b21-13+. The summed E-state index contributed by atoms with van der Waals surface area (Å²) < 4.78 is 15.3. The van der Waals surface area contributed by atoms with E-state index in [1.807, 2.05) is 24.3 Å². The summed E-state index contributed by atoms with van der Waals surface area (Å²) in [6.45, 7) is 4.92. The van der Waals surface area contributed by atoms with Crippen molar-refractivity contribution in [2.75, 3.05) is 0 Å². The van der Waals surface area contributed by atoms with Crippen LogP contribution in [0.15, 0.2) is 70.6 Å². The Morgan fingerprint density at radius 1 is 1.10 bits per heavy atom. The lowest BCUT2D eigenvalue weighted by molar-refractivity contribution is -0.115. The van der Waals surface area contributed by atoms with Gasteiger partial charge < -0.3 is 9.88 Å². The SMILES string of the molecule is Cc1cc(/C=C2/SC(=Nc3ccc(F)cc3)NC2=O)c(C)n1Cc1ccccc1. The summed E-state index contributed by atoms with van der Waals surface area (Å²) in [5.41, 5.74) is 5.09. The van der Waals surface area contributed by atoms with Crippen molar-refractivity contribution in [3.8, 4) is 0 Å². The van der Waals surface area contributed by atoms with Crippen LogP contribution in [0, 0.1) is 19.7 Å². The Labute approximate surface area is 173 Å². The molecule has 0 saturated carbocycles. The van der Waals surface area contributed by atoms with Gasteiger partial charge in [0.05, 0.1) is 10.6 Å². The number of carbonyl (C=O) groups is 1. The highest BCUT2D eigenvalue weighted by atomic mass is 32.2. The number of amides is 1. The van der Waals surface area contributed by atoms with Crippen LogP contribution in [0.4, 0.5) is 10.1 Å². The largest absolute Gasteiger partial charge is 0.344 e. The molecule has 0 aliphatic carbocycles. The summed E-state index contributed by atoms with van der Waals surface area (Å²) in [4.78, 5) is 17.3. The molecule has 1 saturated heterocycles. The molecule has 0 unspecified atom stereocenters.